The Kier molecular flexibility index (Phi) is 4.38. The van der Waals surface area contributed by atoms with Crippen molar-refractivity contribution in [3.8, 4) is 0 Å². The van der Waals surface area contributed by atoms with Gasteiger partial charge in [0.2, 0.25) is 0 Å². The van der Waals surface area contributed by atoms with Gasteiger partial charge in [0, 0.05) is 54.6 Å². The number of pyridine rings is 1. The number of aryl methyl sites for hydroxylation is 1. The van der Waals surface area contributed by atoms with Crippen LogP contribution in [-0.2, 0) is 6.54 Å². The predicted molar refractivity (Wildman–Crippen MR) is 109 cm³/mol. The zero-order valence-electron chi connectivity index (χ0n) is 16.3. The summed E-state index contributed by atoms with van der Waals surface area (Å²) in [5.41, 5.74) is 2.93. The number of carbonyl (C=O) groups is 1. The van der Waals surface area contributed by atoms with Crippen molar-refractivity contribution in [3.05, 3.63) is 59.8 Å². The molecule has 0 N–H and O–H groups in total. The zero-order chi connectivity index (χ0) is 19.1. The maximum absolute atomic E-state index is 13.0. The van der Waals surface area contributed by atoms with Crippen molar-refractivity contribution in [3.63, 3.8) is 0 Å². The summed E-state index contributed by atoms with van der Waals surface area (Å²) in [5.74, 6) is 2.53. The maximum atomic E-state index is 13.0. The number of carbonyl (C=O) groups excluding carboxylic acids is 1. The summed E-state index contributed by atoms with van der Waals surface area (Å²) in [6, 6.07) is 9.73. The lowest BCUT2D eigenvalue weighted by atomic mass is 9.84. The summed E-state index contributed by atoms with van der Waals surface area (Å²) in [6.07, 6.45) is 8.71. The molecule has 5 nitrogen and oxygen atoms in total. The number of aromatic nitrogens is 3. The zero-order valence-corrected chi connectivity index (χ0v) is 16.3. The molecule has 0 bridgehead atoms. The highest BCUT2D eigenvalue weighted by Gasteiger charge is 2.30. The second kappa shape index (κ2) is 7.04. The molecule has 1 amide bonds. The van der Waals surface area contributed by atoms with E-state index in [0.29, 0.717) is 11.8 Å². The van der Waals surface area contributed by atoms with Crippen molar-refractivity contribution in [1.82, 2.24) is 19.4 Å². The second-order valence-corrected chi connectivity index (χ2v) is 8.31. The Morgan fingerprint density at radius 1 is 1.18 bits per heavy atom. The normalized spacial score (nSPS) is 19.9. The van der Waals surface area contributed by atoms with Crippen LogP contribution in [0.4, 0.5) is 0 Å². The van der Waals surface area contributed by atoms with Gasteiger partial charge < -0.3 is 9.47 Å². The second-order valence-electron chi connectivity index (χ2n) is 8.31. The lowest BCUT2D eigenvalue weighted by Gasteiger charge is -2.27. The third-order valence-electron chi connectivity index (χ3n) is 6.42. The molecule has 5 rings (SSSR count). The quantitative estimate of drug-likeness (QED) is 0.689. The fourth-order valence-electron chi connectivity index (χ4n) is 4.52. The van der Waals surface area contributed by atoms with Crippen LogP contribution in [0.2, 0.25) is 0 Å². The van der Waals surface area contributed by atoms with E-state index in [-0.39, 0.29) is 5.91 Å². The van der Waals surface area contributed by atoms with E-state index in [4.69, 9.17) is 0 Å². The Bertz CT molecular complexity index is 1020. The minimum atomic E-state index is 0.134. The molecule has 0 radical (unpaired) electrons. The van der Waals surface area contributed by atoms with Crippen molar-refractivity contribution in [2.75, 3.05) is 13.1 Å². The van der Waals surface area contributed by atoms with Gasteiger partial charge in [-0.1, -0.05) is 12.5 Å². The number of fused-ring (bicyclic) bond motifs is 1. The van der Waals surface area contributed by atoms with Crippen molar-refractivity contribution in [1.29, 1.82) is 0 Å². The monoisotopic (exact) mass is 374 g/mol. The third-order valence-corrected chi connectivity index (χ3v) is 6.42. The van der Waals surface area contributed by atoms with E-state index in [1.165, 1.54) is 30.8 Å². The summed E-state index contributed by atoms with van der Waals surface area (Å²) >= 11 is 0. The van der Waals surface area contributed by atoms with Crippen LogP contribution in [0, 0.1) is 12.8 Å². The molecule has 2 aliphatic rings. The molecule has 1 aromatic carbocycles. The summed E-state index contributed by atoms with van der Waals surface area (Å²) in [7, 11) is 0. The molecule has 1 aliphatic carbocycles. The van der Waals surface area contributed by atoms with Gasteiger partial charge in [0.1, 0.15) is 5.82 Å². The molecule has 0 spiro atoms. The van der Waals surface area contributed by atoms with Crippen molar-refractivity contribution in [2.24, 2.45) is 5.92 Å². The first-order valence-electron chi connectivity index (χ1n) is 10.3. The average molecular weight is 374 g/mol. The van der Waals surface area contributed by atoms with Gasteiger partial charge in [0.15, 0.2) is 0 Å². The van der Waals surface area contributed by atoms with Crippen molar-refractivity contribution in [2.45, 2.75) is 45.1 Å². The molecule has 28 heavy (non-hydrogen) atoms. The minimum absolute atomic E-state index is 0.134. The van der Waals surface area contributed by atoms with Gasteiger partial charge in [-0.2, -0.15) is 0 Å². The number of nitrogens with zero attached hydrogens (tertiary/aromatic N) is 4. The van der Waals surface area contributed by atoms with E-state index in [9.17, 15) is 4.79 Å². The van der Waals surface area contributed by atoms with Gasteiger partial charge in [0.25, 0.3) is 5.91 Å². The first kappa shape index (κ1) is 17.4. The Labute approximate surface area is 165 Å². The van der Waals surface area contributed by atoms with Crippen LogP contribution < -0.4 is 0 Å². The Hall–Kier alpha value is -2.69. The van der Waals surface area contributed by atoms with Gasteiger partial charge in [-0.05, 0) is 56.4 Å². The molecule has 144 valence electrons. The standard InChI is InChI=1S/C23H26N4O/c1-16-13-25-22(18-4-2-5-18)27(16)15-17-9-11-26(14-17)23(28)20-7-8-21-19(12-20)6-3-10-24-21/h3,6-8,10,12-13,17-18H,2,4-5,9,11,14-15H2,1H3. The number of benzene rings is 1. The van der Waals surface area contributed by atoms with Crippen molar-refractivity contribution >= 4 is 16.8 Å². The molecule has 1 unspecified atom stereocenters. The number of hydrogen-bond donors (Lipinski definition) is 0. The van der Waals surface area contributed by atoms with Gasteiger partial charge in [-0.15, -0.1) is 0 Å². The molecular weight excluding hydrogens is 348 g/mol. The molecule has 1 saturated heterocycles. The number of imidazole rings is 1. The van der Waals surface area contributed by atoms with Gasteiger partial charge in [0.05, 0.1) is 5.52 Å². The smallest absolute Gasteiger partial charge is 0.253 e. The van der Waals surface area contributed by atoms with Gasteiger partial charge >= 0.3 is 0 Å². The number of amides is 1. The van der Waals surface area contributed by atoms with Crippen LogP contribution >= 0.6 is 0 Å². The van der Waals surface area contributed by atoms with Crippen LogP contribution in [-0.4, -0.2) is 38.4 Å². The molecule has 3 heterocycles. The Morgan fingerprint density at radius 2 is 2.07 bits per heavy atom. The molecule has 2 fully saturated rings. The predicted octanol–water partition coefficient (Wildman–Crippen LogP) is 4.17. The van der Waals surface area contributed by atoms with E-state index in [1.807, 2.05) is 41.4 Å². The topological polar surface area (TPSA) is 51.0 Å². The summed E-state index contributed by atoms with van der Waals surface area (Å²) in [5, 5.41) is 1.02. The largest absolute Gasteiger partial charge is 0.338 e. The van der Waals surface area contributed by atoms with E-state index < -0.39 is 0 Å². The Balaban J connectivity index is 1.29. The third kappa shape index (κ3) is 3.09. The van der Waals surface area contributed by atoms with Crippen LogP contribution in [0.3, 0.4) is 0 Å². The van der Waals surface area contributed by atoms with Crippen LogP contribution in [0.1, 0.15) is 53.5 Å². The van der Waals surface area contributed by atoms with Gasteiger partial charge in [-0.3, -0.25) is 9.78 Å². The van der Waals surface area contributed by atoms with Crippen LogP contribution in [0.5, 0.6) is 0 Å². The molecule has 3 aromatic rings. The molecule has 2 aromatic heterocycles. The van der Waals surface area contributed by atoms with E-state index >= 15 is 0 Å². The summed E-state index contributed by atoms with van der Waals surface area (Å²) < 4.78 is 2.41. The number of hydrogen-bond acceptors (Lipinski definition) is 3. The van der Waals surface area contributed by atoms with Crippen LogP contribution in [0.25, 0.3) is 10.9 Å². The minimum Gasteiger partial charge on any atom is -0.338 e. The Morgan fingerprint density at radius 3 is 2.89 bits per heavy atom. The summed E-state index contributed by atoms with van der Waals surface area (Å²) in [4.78, 5) is 24.1. The molecular formula is C23H26N4O. The highest BCUT2D eigenvalue weighted by Crippen LogP contribution is 2.36. The molecule has 5 heteroatoms. The molecule has 1 aliphatic heterocycles. The van der Waals surface area contributed by atoms with E-state index in [1.54, 1.807) is 6.20 Å². The highest BCUT2D eigenvalue weighted by molar-refractivity contribution is 5.98. The fraction of sp³-hybridized carbons (Fsp3) is 0.435. The first-order valence-corrected chi connectivity index (χ1v) is 10.3. The van der Waals surface area contributed by atoms with Crippen molar-refractivity contribution < 1.29 is 4.79 Å². The maximum Gasteiger partial charge on any atom is 0.253 e. The average Bonchev–Trinajstić information content (AvgIpc) is 3.28. The lowest BCUT2D eigenvalue weighted by molar-refractivity contribution is 0.0786. The summed E-state index contributed by atoms with van der Waals surface area (Å²) in [6.45, 7) is 4.78. The molecule has 1 saturated carbocycles. The highest BCUT2D eigenvalue weighted by atomic mass is 16.2. The lowest BCUT2D eigenvalue weighted by Crippen LogP contribution is -2.29. The number of rotatable bonds is 4. The first-order chi connectivity index (χ1) is 13.7. The van der Waals surface area contributed by atoms with Crippen LogP contribution in [0.15, 0.2) is 42.7 Å². The fourth-order valence-corrected chi connectivity index (χ4v) is 4.52. The molecule has 1 atom stereocenters. The van der Waals surface area contributed by atoms with Gasteiger partial charge in [-0.25, -0.2) is 4.98 Å². The SMILES string of the molecule is Cc1cnc(C2CCC2)n1CC1CCN(C(=O)c2ccc3ncccc3c2)C1. The van der Waals surface area contributed by atoms with E-state index in [0.717, 1.165) is 42.5 Å². The number of likely N-dealkylation sites (tertiary alicyclic amines) is 1. The van der Waals surface area contributed by atoms with E-state index in [2.05, 4.69) is 21.5 Å².